The van der Waals surface area contributed by atoms with Gasteiger partial charge in [0.15, 0.2) is 11.5 Å². The fourth-order valence-corrected chi connectivity index (χ4v) is 1.15. The summed E-state index contributed by atoms with van der Waals surface area (Å²) in [6.45, 7) is 0.288. The van der Waals surface area contributed by atoms with E-state index < -0.39 is 0 Å². The number of aromatic nitrogens is 4. The molecule has 0 saturated carbocycles. The number of imidazole rings is 1. The Labute approximate surface area is 85.8 Å². The van der Waals surface area contributed by atoms with Crippen molar-refractivity contribution in [2.24, 2.45) is 0 Å². The number of anilines is 1. The lowest BCUT2D eigenvalue weighted by Crippen LogP contribution is -2.02. The third kappa shape index (κ3) is 2.03. The Morgan fingerprint density at radius 3 is 3.13 bits per heavy atom. The van der Waals surface area contributed by atoms with Crippen LogP contribution in [-0.2, 0) is 0 Å². The summed E-state index contributed by atoms with van der Waals surface area (Å²) in [6, 6.07) is 0. The lowest BCUT2D eigenvalue weighted by atomic mass is 10.4. The number of nitrogens with zero attached hydrogens (tertiary/aromatic N) is 3. The zero-order chi connectivity index (χ0) is 10.5. The molecule has 0 saturated heterocycles. The van der Waals surface area contributed by atoms with Gasteiger partial charge in [-0.05, 0) is 0 Å². The Kier molecular flexibility index (Phi) is 2.76. The molecule has 76 valence electrons. The first kappa shape index (κ1) is 9.43. The molecule has 0 aliphatic rings. The van der Waals surface area contributed by atoms with Crippen LogP contribution in [0.2, 0.25) is 0 Å². The summed E-state index contributed by atoms with van der Waals surface area (Å²) in [4.78, 5) is 15.0. The van der Waals surface area contributed by atoms with Crippen molar-refractivity contribution in [2.75, 3.05) is 18.5 Å². The molecular weight excluding hydrogens is 194 g/mol. The van der Waals surface area contributed by atoms with E-state index in [1.54, 1.807) is 6.33 Å². The normalized spacial score (nSPS) is 9.67. The largest absolute Gasteiger partial charge is 0.384 e. The van der Waals surface area contributed by atoms with Crippen LogP contribution in [0.1, 0.15) is 0 Å². The number of aliphatic hydroxyl groups is 1. The molecular formula is C9H9N5O. The number of fused-ring (bicyclic) bond motifs is 1. The second kappa shape index (κ2) is 4.39. The number of nitrogens with one attached hydrogen (secondary N) is 2. The second-order valence-corrected chi connectivity index (χ2v) is 2.69. The molecule has 0 bridgehead atoms. The number of hydrogen-bond acceptors (Lipinski definition) is 5. The highest BCUT2D eigenvalue weighted by atomic mass is 16.2. The van der Waals surface area contributed by atoms with Gasteiger partial charge in [-0.3, -0.25) is 0 Å². The third-order valence-electron chi connectivity index (χ3n) is 1.77. The van der Waals surface area contributed by atoms with Crippen LogP contribution in [0.15, 0.2) is 12.7 Å². The molecule has 0 aliphatic heterocycles. The predicted octanol–water partition coefficient (Wildman–Crippen LogP) is -0.240. The van der Waals surface area contributed by atoms with Crippen LogP contribution in [0.3, 0.4) is 0 Å². The Balaban J connectivity index is 2.17. The molecule has 0 aliphatic carbocycles. The highest BCUT2D eigenvalue weighted by Gasteiger charge is 2.03. The summed E-state index contributed by atoms with van der Waals surface area (Å²) in [5.74, 6) is 5.93. The van der Waals surface area contributed by atoms with Crippen molar-refractivity contribution in [2.45, 2.75) is 0 Å². The second-order valence-electron chi connectivity index (χ2n) is 2.69. The van der Waals surface area contributed by atoms with E-state index in [9.17, 15) is 0 Å². The maximum Gasteiger partial charge on any atom is 0.182 e. The van der Waals surface area contributed by atoms with Crippen LogP contribution in [0.25, 0.3) is 11.2 Å². The van der Waals surface area contributed by atoms with Crippen LogP contribution in [-0.4, -0.2) is 38.2 Å². The van der Waals surface area contributed by atoms with Crippen molar-refractivity contribution in [3.63, 3.8) is 0 Å². The van der Waals surface area contributed by atoms with Crippen molar-refractivity contribution < 1.29 is 5.11 Å². The molecule has 6 heteroatoms. The Morgan fingerprint density at radius 2 is 2.27 bits per heavy atom. The smallest absolute Gasteiger partial charge is 0.182 e. The van der Waals surface area contributed by atoms with Gasteiger partial charge in [-0.15, -0.1) is 0 Å². The van der Waals surface area contributed by atoms with Crippen molar-refractivity contribution >= 4 is 17.0 Å². The molecule has 0 fully saturated rings. The minimum Gasteiger partial charge on any atom is -0.384 e. The molecule has 15 heavy (non-hydrogen) atoms. The molecule has 2 aromatic rings. The van der Waals surface area contributed by atoms with Crippen molar-refractivity contribution in [3.8, 4) is 11.8 Å². The van der Waals surface area contributed by atoms with Crippen molar-refractivity contribution in [1.29, 1.82) is 0 Å². The van der Waals surface area contributed by atoms with Gasteiger partial charge < -0.3 is 15.4 Å². The van der Waals surface area contributed by atoms with E-state index in [1.807, 2.05) is 0 Å². The van der Waals surface area contributed by atoms with Crippen molar-refractivity contribution in [3.05, 3.63) is 12.7 Å². The molecule has 0 atom stereocenters. The Morgan fingerprint density at radius 1 is 1.33 bits per heavy atom. The van der Waals surface area contributed by atoms with E-state index in [0.29, 0.717) is 18.0 Å². The van der Waals surface area contributed by atoms with E-state index >= 15 is 0 Å². The first-order valence-corrected chi connectivity index (χ1v) is 4.36. The number of H-pyrrole nitrogens is 1. The third-order valence-corrected chi connectivity index (χ3v) is 1.77. The molecule has 0 aromatic carbocycles. The van der Waals surface area contributed by atoms with Gasteiger partial charge in [0.1, 0.15) is 18.5 Å². The van der Waals surface area contributed by atoms with Crippen molar-refractivity contribution in [1.82, 2.24) is 19.9 Å². The zero-order valence-corrected chi connectivity index (χ0v) is 7.86. The van der Waals surface area contributed by atoms with E-state index in [0.717, 1.165) is 5.52 Å². The average molecular weight is 203 g/mol. The standard InChI is InChI=1S/C9H9N5O/c15-4-2-1-3-10-8-7-9(12-5-11-7)14-6-13-8/h5-6,15H,3-4H2,(H2,10,11,12,13,14). The minimum absolute atomic E-state index is 0.134. The van der Waals surface area contributed by atoms with Gasteiger partial charge in [-0.1, -0.05) is 11.8 Å². The van der Waals surface area contributed by atoms with Gasteiger partial charge in [0.05, 0.1) is 12.9 Å². The average Bonchev–Trinajstić information content (AvgIpc) is 2.73. The van der Waals surface area contributed by atoms with Gasteiger partial charge in [0.25, 0.3) is 0 Å². The van der Waals surface area contributed by atoms with E-state index in [1.165, 1.54) is 6.33 Å². The van der Waals surface area contributed by atoms with Gasteiger partial charge in [-0.2, -0.15) is 0 Å². The number of hydrogen-bond donors (Lipinski definition) is 3. The van der Waals surface area contributed by atoms with Crippen LogP contribution in [0.5, 0.6) is 0 Å². The first-order chi connectivity index (χ1) is 7.42. The fourth-order valence-electron chi connectivity index (χ4n) is 1.15. The summed E-state index contributed by atoms with van der Waals surface area (Å²) in [6.07, 6.45) is 2.99. The quantitative estimate of drug-likeness (QED) is 0.586. The minimum atomic E-state index is -0.134. The summed E-state index contributed by atoms with van der Waals surface area (Å²) < 4.78 is 0. The van der Waals surface area contributed by atoms with Gasteiger partial charge in [-0.25, -0.2) is 15.0 Å². The highest BCUT2D eigenvalue weighted by molar-refractivity contribution is 5.81. The van der Waals surface area contributed by atoms with Crippen LogP contribution in [0.4, 0.5) is 5.82 Å². The molecule has 6 nitrogen and oxygen atoms in total. The van der Waals surface area contributed by atoms with Crippen LogP contribution in [0, 0.1) is 11.8 Å². The molecule has 2 heterocycles. The summed E-state index contributed by atoms with van der Waals surface area (Å²) in [5, 5.41) is 11.5. The molecule has 0 radical (unpaired) electrons. The SMILES string of the molecule is OCC#CCNc1ncnc2nc[nH]c12. The monoisotopic (exact) mass is 203 g/mol. The summed E-state index contributed by atoms with van der Waals surface area (Å²) in [5.41, 5.74) is 1.37. The van der Waals surface area contributed by atoms with E-state index in [4.69, 9.17) is 5.11 Å². The van der Waals surface area contributed by atoms with Gasteiger partial charge in [0, 0.05) is 0 Å². The van der Waals surface area contributed by atoms with Gasteiger partial charge >= 0.3 is 0 Å². The van der Waals surface area contributed by atoms with E-state index in [2.05, 4.69) is 37.1 Å². The highest BCUT2D eigenvalue weighted by Crippen LogP contribution is 2.13. The summed E-state index contributed by atoms with van der Waals surface area (Å²) >= 11 is 0. The molecule has 2 aromatic heterocycles. The zero-order valence-electron chi connectivity index (χ0n) is 7.86. The molecule has 0 amide bonds. The Bertz CT molecular complexity index is 510. The maximum atomic E-state index is 8.46. The molecule has 0 spiro atoms. The lowest BCUT2D eigenvalue weighted by Gasteiger charge is -2.00. The summed E-state index contributed by atoms with van der Waals surface area (Å²) in [7, 11) is 0. The van der Waals surface area contributed by atoms with Crippen LogP contribution >= 0.6 is 0 Å². The Hall–Kier alpha value is -2.13. The maximum absolute atomic E-state index is 8.46. The molecule has 3 N–H and O–H groups in total. The number of aliphatic hydroxyl groups excluding tert-OH is 1. The molecule has 2 rings (SSSR count). The van der Waals surface area contributed by atoms with Crippen LogP contribution < -0.4 is 5.32 Å². The predicted molar refractivity (Wildman–Crippen MR) is 55.0 cm³/mol. The van der Waals surface area contributed by atoms with Gasteiger partial charge in [0.2, 0.25) is 0 Å². The first-order valence-electron chi connectivity index (χ1n) is 4.36. The van der Waals surface area contributed by atoms with E-state index in [-0.39, 0.29) is 6.61 Å². The fraction of sp³-hybridized carbons (Fsp3) is 0.222. The lowest BCUT2D eigenvalue weighted by molar-refractivity contribution is 0.350. The number of aromatic amines is 1. The number of rotatable bonds is 2. The molecule has 0 unspecified atom stereocenters. The topological polar surface area (TPSA) is 86.7 Å².